The number of hydrogen-bond acceptors (Lipinski definition) is 3. The maximum atomic E-state index is 11.3. The van der Waals surface area contributed by atoms with Crippen LogP contribution in [0.25, 0.3) is 0 Å². The summed E-state index contributed by atoms with van der Waals surface area (Å²) in [6.07, 6.45) is 2.96. The molecule has 3 atom stereocenters. The third kappa shape index (κ3) is 2.77. The molecule has 2 aliphatic rings. The Morgan fingerprint density at radius 3 is 2.90 bits per heavy atom. The lowest BCUT2D eigenvalue weighted by atomic mass is 9.89. The molecule has 1 aromatic carbocycles. The second-order valence-corrected chi connectivity index (χ2v) is 6.33. The van der Waals surface area contributed by atoms with Crippen molar-refractivity contribution in [3.05, 3.63) is 29.3 Å². The van der Waals surface area contributed by atoms with Gasteiger partial charge in [-0.05, 0) is 50.3 Å². The zero-order valence-electron chi connectivity index (χ0n) is 12.7. The fourth-order valence-corrected chi connectivity index (χ4v) is 3.84. The molecule has 21 heavy (non-hydrogen) atoms. The molecule has 2 heterocycles. The van der Waals surface area contributed by atoms with Gasteiger partial charge in [0, 0.05) is 18.6 Å². The Morgan fingerprint density at radius 2 is 2.19 bits per heavy atom. The molecule has 0 amide bonds. The van der Waals surface area contributed by atoms with Gasteiger partial charge in [-0.25, -0.2) is 0 Å². The standard InChI is InChI=1S/C17H23NO3/c1-11-3-4-12(2)16(9-11)21-8-7-18-13-5-6-15(18)14(10-13)17(19)20/h3-4,9,13-15H,5-8,10H2,1-2H3,(H,19,20). The van der Waals surface area contributed by atoms with Crippen LogP contribution in [0.1, 0.15) is 30.4 Å². The molecule has 0 spiro atoms. The molecule has 114 valence electrons. The number of rotatable bonds is 5. The Hall–Kier alpha value is -1.55. The molecule has 3 rings (SSSR count). The first-order valence-electron chi connectivity index (χ1n) is 7.75. The summed E-state index contributed by atoms with van der Waals surface area (Å²) in [5.74, 6) is 0.128. The number of carbonyl (C=O) groups is 1. The van der Waals surface area contributed by atoms with Crippen LogP contribution in [0.5, 0.6) is 5.75 Å². The van der Waals surface area contributed by atoms with Gasteiger partial charge in [0.15, 0.2) is 0 Å². The van der Waals surface area contributed by atoms with E-state index in [4.69, 9.17) is 4.74 Å². The van der Waals surface area contributed by atoms with Gasteiger partial charge in [0.25, 0.3) is 0 Å². The highest BCUT2D eigenvalue weighted by molar-refractivity contribution is 5.71. The van der Waals surface area contributed by atoms with Crippen LogP contribution in [0, 0.1) is 19.8 Å². The number of aliphatic carboxylic acids is 1. The van der Waals surface area contributed by atoms with Crippen LogP contribution in [0.15, 0.2) is 18.2 Å². The van der Waals surface area contributed by atoms with Gasteiger partial charge >= 0.3 is 5.97 Å². The van der Waals surface area contributed by atoms with E-state index >= 15 is 0 Å². The third-order valence-corrected chi connectivity index (χ3v) is 4.95. The monoisotopic (exact) mass is 289 g/mol. The van der Waals surface area contributed by atoms with Crippen molar-refractivity contribution in [2.24, 2.45) is 5.92 Å². The zero-order chi connectivity index (χ0) is 15.0. The van der Waals surface area contributed by atoms with E-state index in [1.165, 1.54) is 5.56 Å². The number of carboxylic acids is 1. The van der Waals surface area contributed by atoms with Gasteiger partial charge < -0.3 is 9.84 Å². The summed E-state index contributed by atoms with van der Waals surface area (Å²) < 4.78 is 5.91. The van der Waals surface area contributed by atoms with Gasteiger partial charge in [-0.15, -0.1) is 0 Å². The Labute approximate surface area is 125 Å². The number of ether oxygens (including phenoxy) is 1. The average molecular weight is 289 g/mol. The van der Waals surface area contributed by atoms with Crippen molar-refractivity contribution in [3.63, 3.8) is 0 Å². The summed E-state index contributed by atoms with van der Waals surface area (Å²) in [4.78, 5) is 13.6. The van der Waals surface area contributed by atoms with Gasteiger partial charge in [-0.2, -0.15) is 0 Å². The first-order chi connectivity index (χ1) is 10.1. The van der Waals surface area contributed by atoms with Crippen molar-refractivity contribution >= 4 is 5.97 Å². The molecule has 2 bridgehead atoms. The Bertz CT molecular complexity index is 543. The molecule has 0 aliphatic carbocycles. The first kappa shape index (κ1) is 14.4. The summed E-state index contributed by atoms with van der Waals surface area (Å²) in [6, 6.07) is 6.88. The molecule has 0 radical (unpaired) electrons. The predicted octanol–water partition coefficient (Wildman–Crippen LogP) is 2.62. The number of aryl methyl sites for hydroxylation is 2. The second-order valence-electron chi connectivity index (χ2n) is 6.33. The van der Waals surface area contributed by atoms with Gasteiger partial charge in [0.2, 0.25) is 0 Å². The second kappa shape index (κ2) is 5.68. The lowest BCUT2D eigenvalue weighted by molar-refractivity contribution is -0.142. The van der Waals surface area contributed by atoms with Crippen molar-refractivity contribution in [1.29, 1.82) is 0 Å². The highest BCUT2D eigenvalue weighted by Gasteiger charge is 2.48. The highest BCUT2D eigenvalue weighted by atomic mass is 16.5. The van der Waals surface area contributed by atoms with Crippen LogP contribution in [0.4, 0.5) is 0 Å². The Balaban J connectivity index is 1.57. The minimum Gasteiger partial charge on any atom is -0.492 e. The van der Waals surface area contributed by atoms with E-state index in [1.54, 1.807) is 0 Å². The highest BCUT2D eigenvalue weighted by Crippen LogP contribution is 2.41. The molecular formula is C17H23NO3. The first-order valence-corrected chi connectivity index (χ1v) is 7.75. The largest absolute Gasteiger partial charge is 0.492 e. The van der Waals surface area contributed by atoms with E-state index < -0.39 is 5.97 Å². The SMILES string of the molecule is Cc1ccc(C)c(OCCN2C3CCC2C(C(=O)O)C3)c1. The Morgan fingerprint density at radius 1 is 1.38 bits per heavy atom. The topological polar surface area (TPSA) is 49.8 Å². The van der Waals surface area contributed by atoms with Crippen LogP contribution in [0.2, 0.25) is 0 Å². The van der Waals surface area contributed by atoms with Crippen LogP contribution in [-0.4, -0.2) is 41.2 Å². The smallest absolute Gasteiger partial charge is 0.308 e. The number of carboxylic acid groups (broad SMARTS) is 1. The predicted molar refractivity (Wildman–Crippen MR) is 80.7 cm³/mol. The van der Waals surface area contributed by atoms with Crippen molar-refractivity contribution in [1.82, 2.24) is 4.90 Å². The number of nitrogens with zero attached hydrogens (tertiary/aromatic N) is 1. The average Bonchev–Trinajstić information content (AvgIpc) is 3.00. The lowest BCUT2D eigenvalue weighted by Gasteiger charge is -2.23. The Kier molecular flexibility index (Phi) is 3.89. The van der Waals surface area contributed by atoms with Crippen LogP contribution < -0.4 is 4.74 Å². The zero-order valence-corrected chi connectivity index (χ0v) is 12.7. The molecule has 0 saturated carbocycles. The molecule has 4 nitrogen and oxygen atoms in total. The molecule has 1 aromatic rings. The summed E-state index contributed by atoms with van der Waals surface area (Å²) in [5, 5.41) is 9.27. The molecule has 1 N–H and O–H groups in total. The molecule has 2 fully saturated rings. The van der Waals surface area contributed by atoms with Crippen molar-refractivity contribution in [3.8, 4) is 5.75 Å². The lowest BCUT2D eigenvalue weighted by Crippen LogP contribution is -2.35. The summed E-state index contributed by atoms with van der Waals surface area (Å²) in [7, 11) is 0. The van der Waals surface area contributed by atoms with E-state index in [9.17, 15) is 9.90 Å². The van der Waals surface area contributed by atoms with Crippen molar-refractivity contribution < 1.29 is 14.6 Å². The fourth-order valence-electron chi connectivity index (χ4n) is 3.84. The third-order valence-electron chi connectivity index (χ3n) is 4.95. The van der Waals surface area contributed by atoms with Gasteiger partial charge in [0.05, 0.1) is 5.92 Å². The molecule has 2 aliphatic heterocycles. The normalized spacial score (nSPS) is 28.0. The van der Waals surface area contributed by atoms with Gasteiger partial charge in [0.1, 0.15) is 12.4 Å². The molecule has 2 saturated heterocycles. The van der Waals surface area contributed by atoms with Crippen LogP contribution in [0.3, 0.4) is 0 Å². The molecule has 0 aromatic heterocycles. The van der Waals surface area contributed by atoms with E-state index in [0.29, 0.717) is 12.6 Å². The number of fused-ring (bicyclic) bond motifs is 2. The number of benzene rings is 1. The molecule has 3 unspecified atom stereocenters. The summed E-state index contributed by atoms with van der Waals surface area (Å²) in [5.41, 5.74) is 2.34. The summed E-state index contributed by atoms with van der Waals surface area (Å²) >= 11 is 0. The molecular weight excluding hydrogens is 266 g/mol. The van der Waals surface area contributed by atoms with Crippen LogP contribution >= 0.6 is 0 Å². The van der Waals surface area contributed by atoms with E-state index in [1.807, 2.05) is 0 Å². The summed E-state index contributed by atoms with van der Waals surface area (Å²) in [6.45, 7) is 5.56. The number of hydrogen-bond donors (Lipinski definition) is 1. The van der Waals surface area contributed by atoms with Crippen molar-refractivity contribution in [2.45, 2.75) is 45.2 Å². The quantitative estimate of drug-likeness (QED) is 0.905. The van der Waals surface area contributed by atoms with Gasteiger partial charge in [-0.3, -0.25) is 9.69 Å². The maximum absolute atomic E-state index is 11.3. The van der Waals surface area contributed by atoms with Crippen LogP contribution in [-0.2, 0) is 4.79 Å². The van der Waals surface area contributed by atoms with E-state index in [0.717, 1.165) is 37.1 Å². The molecule has 4 heteroatoms. The minimum atomic E-state index is -0.636. The maximum Gasteiger partial charge on any atom is 0.308 e. The van der Waals surface area contributed by atoms with E-state index in [2.05, 4.69) is 36.9 Å². The fraction of sp³-hybridized carbons (Fsp3) is 0.588. The van der Waals surface area contributed by atoms with E-state index in [-0.39, 0.29) is 12.0 Å². The van der Waals surface area contributed by atoms with Crippen molar-refractivity contribution in [2.75, 3.05) is 13.2 Å². The van der Waals surface area contributed by atoms with Gasteiger partial charge in [-0.1, -0.05) is 12.1 Å². The minimum absolute atomic E-state index is 0.176.